The summed E-state index contributed by atoms with van der Waals surface area (Å²) >= 11 is 1.75. The average Bonchev–Trinajstić information content (AvgIpc) is 2.38. The van der Waals surface area contributed by atoms with Crippen LogP contribution in [0.5, 0.6) is 0 Å². The molecule has 98 valence electrons. The number of nitro benzene ring substituents is 1. The first kappa shape index (κ1) is 14.8. The molecule has 0 radical (unpaired) electrons. The highest BCUT2D eigenvalue weighted by Crippen LogP contribution is 2.22. The third kappa shape index (κ3) is 5.36. The summed E-state index contributed by atoms with van der Waals surface area (Å²) in [5, 5.41) is 10.5. The first-order chi connectivity index (χ1) is 8.63. The summed E-state index contributed by atoms with van der Waals surface area (Å²) in [6, 6.07) is 6.75. The van der Waals surface area contributed by atoms with Crippen molar-refractivity contribution in [3.8, 4) is 0 Å². The van der Waals surface area contributed by atoms with Crippen LogP contribution in [0.1, 0.15) is 33.1 Å². The molecule has 4 heteroatoms. The van der Waals surface area contributed by atoms with E-state index in [-0.39, 0.29) is 10.6 Å². The van der Waals surface area contributed by atoms with Crippen molar-refractivity contribution in [1.82, 2.24) is 0 Å². The number of nitrogens with zero attached hydrogens (tertiary/aromatic N) is 1. The number of unbranched alkanes of at least 4 members (excludes halogenated alkanes) is 1. The zero-order valence-electron chi connectivity index (χ0n) is 10.9. The van der Waals surface area contributed by atoms with Crippen LogP contribution in [0, 0.1) is 10.1 Å². The van der Waals surface area contributed by atoms with Crippen LogP contribution in [0.15, 0.2) is 40.8 Å². The summed E-state index contributed by atoms with van der Waals surface area (Å²) in [4.78, 5) is 11.2. The van der Waals surface area contributed by atoms with E-state index in [0.717, 1.165) is 29.9 Å². The number of benzene rings is 1. The highest BCUT2D eigenvalue weighted by atomic mass is 32.2. The molecule has 0 aliphatic rings. The van der Waals surface area contributed by atoms with Gasteiger partial charge in [0, 0.05) is 17.0 Å². The molecule has 1 aromatic carbocycles. The standard InChI is InChI=1S/C14H19NO2S/c1-3-12(2)6-4-5-11-18-14-9-7-13(8-10-14)15(16)17/h6-10H,3-5,11H2,1-2H3/b12-6+. The zero-order chi connectivity index (χ0) is 13.4. The van der Waals surface area contributed by atoms with Crippen LogP contribution in [0.3, 0.4) is 0 Å². The zero-order valence-corrected chi connectivity index (χ0v) is 11.7. The molecule has 1 rings (SSSR count). The molecular weight excluding hydrogens is 246 g/mol. The number of hydrogen-bond acceptors (Lipinski definition) is 3. The fourth-order valence-corrected chi connectivity index (χ4v) is 2.31. The fourth-order valence-electron chi connectivity index (χ4n) is 1.43. The summed E-state index contributed by atoms with van der Waals surface area (Å²) in [7, 11) is 0. The van der Waals surface area contributed by atoms with E-state index in [2.05, 4.69) is 19.9 Å². The van der Waals surface area contributed by atoms with Gasteiger partial charge < -0.3 is 0 Å². The second-order valence-corrected chi connectivity index (χ2v) is 5.31. The van der Waals surface area contributed by atoms with Crippen molar-refractivity contribution < 1.29 is 4.92 Å². The van der Waals surface area contributed by atoms with Crippen LogP contribution in [0.4, 0.5) is 5.69 Å². The lowest BCUT2D eigenvalue weighted by Crippen LogP contribution is -1.87. The van der Waals surface area contributed by atoms with Crippen LogP contribution in [0.2, 0.25) is 0 Å². The van der Waals surface area contributed by atoms with E-state index in [0.29, 0.717) is 0 Å². The van der Waals surface area contributed by atoms with E-state index in [4.69, 9.17) is 0 Å². The van der Waals surface area contributed by atoms with E-state index in [1.807, 2.05) is 12.1 Å². The first-order valence-electron chi connectivity index (χ1n) is 6.16. The van der Waals surface area contributed by atoms with Gasteiger partial charge in [0.05, 0.1) is 4.92 Å². The third-order valence-corrected chi connectivity index (χ3v) is 3.81. The predicted molar refractivity (Wildman–Crippen MR) is 77.1 cm³/mol. The molecule has 0 fully saturated rings. The van der Waals surface area contributed by atoms with Gasteiger partial charge in [0.2, 0.25) is 0 Å². The molecule has 0 amide bonds. The summed E-state index contributed by atoms with van der Waals surface area (Å²) in [5.74, 6) is 1.05. The number of nitro groups is 1. The number of allylic oxidation sites excluding steroid dienone is 2. The van der Waals surface area contributed by atoms with Gasteiger partial charge in [-0.2, -0.15) is 0 Å². The maximum absolute atomic E-state index is 10.5. The van der Waals surface area contributed by atoms with Gasteiger partial charge in [0.15, 0.2) is 0 Å². The topological polar surface area (TPSA) is 43.1 Å². The van der Waals surface area contributed by atoms with Gasteiger partial charge in [-0.05, 0) is 44.1 Å². The van der Waals surface area contributed by atoms with E-state index in [1.165, 1.54) is 5.57 Å². The highest BCUT2D eigenvalue weighted by molar-refractivity contribution is 7.99. The van der Waals surface area contributed by atoms with Crippen molar-refractivity contribution in [3.05, 3.63) is 46.0 Å². The third-order valence-electron chi connectivity index (χ3n) is 2.72. The Bertz CT molecular complexity index is 412. The molecule has 0 aliphatic carbocycles. The SMILES string of the molecule is CC/C(C)=C/CCCSc1ccc([N+](=O)[O-])cc1. The van der Waals surface area contributed by atoms with Gasteiger partial charge in [-0.1, -0.05) is 18.6 Å². The highest BCUT2D eigenvalue weighted by Gasteiger charge is 2.03. The molecule has 0 bridgehead atoms. The lowest BCUT2D eigenvalue weighted by Gasteiger charge is -2.00. The number of non-ortho nitro benzene ring substituents is 1. The normalized spacial score (nSPS) is 11.6. The minimum atomic E-state index is -0.368. The van der Waals surface area contributed by atoms with E-state index in [9.17, 15) is 10.1 Å². The number of thioether (sulfide) groups is 1. The minimum Gasteiger partial charge on any atom is -0.258 e. The van der Waals surface area contributed by atoms with E-state index >= 15 is 0 Å². The Hall–Kier alpha value is -1.29. The summed E-state index contributed by atoms with van der Waals surface area (Å²) in [6.45, 7) is 4.32. The maximum atomic E-state index is 10.5. The maximum Gasteiger partial charge on any atom is 0.269 e. The van der Waals surface area contributed by atoms with Crippen LogP contribution in [-0.2, 0) is 0 Å². The van der Waals surface area contributed by atoms with Crippen LogP contribution in [0.25, 0.3) is 0 Å². The van der Waals surface area contributed by atoms with Crippen molar-refractivity contribution in [3.63, 3.8) is 0 Å². The second kappa shape index (κ2) is 7.93. The van der Waals surface area contributed by atoms with Gasteiger partial charge in [0.25, 0.3) is 5.69 Å². The van der Waals surface area contributed by atoms with Gasteiger partial charge in [-0.3, -0.25) is 10.1 Å². The van der Waals surface area contributed by atoms with Gasteiger partial charge in [-0.25, -0.2) is 0 Å². The van der Waals surface area contributed by atoms with Crippen molar-refractivity contribution in [1.29, 1.82) is 0 Å². The summed E-state index contributed by atoms with van der Waals surface area (Å²) in [5.41, 5.74) is 1.59. The Morgan fingerprint density at radius 3 is 2.61 bits per heavy atom. The Labute approximate surface area is 112 Å². The lowest BCUT2D eigenvalue weighted by atomic mass is 10.2. The van der Waals surface area contributed by atoms with Crippen LogP contribution >= 0.6 is 11.8 Å². The molecule has 0 atom stereocenters. The average molecular weight is 265 g/mol. The van der Waals surface area contributed by atoms with Crippen molar-refractivity contribution in [2.24, 2.45) is 0 Å². The Morgan fingerprint density at radius 2 is 2.06 bits per heavy atom. The molecule has 0 saturated heterocycles. The van der Waals surface area contributed by atoms with E-state index in [1.54, 1.807) is 23.9 Å². The molecule has 3 nitrogen and oxygen atoms in total. The van der Waals surface area contributed by atoms with Crippen LogP contribution in [-0.4, -0.2) is 10.7 Å². The monoisotopic (exact) mass is 265 g/mol. The molecule has 0 N–H and O–H groups in total. The molecule has 0 unspecified atom stereocenters. The summed E-state index contributed by atoms with van der Waals surface area (Å²) in [6.07, 6.45) is 5.66. The molecule has 0 spiro atoms. The summed E-state index contributed by atoms with van der Waals surface area (Å²) < 4.78 is 0. The molecular formula is C14H19NO2S. The van der Waals surface area contributed by atoms with Crippen molar-refractivity contribution >= 4 is 17.4 Å². The van der Waals surface area contributed by atoms with Gasteiger partial charge in [-0.15, -0.1) is 11.8 Å². The number of rotatable bonds is 7. The second-order valence-electron chi connectivity index (χ2n) is 4.15. The molecule has 1 aromatic rings. The van der Waals surface area contributed by atoms with E-state index < -0.39 is 0 Å². The molecule has 0 heterocycles. The molecule has 0 aliphatic heterocycles. The van der Waals surface area contributed by atoms with Gasteiger partial charge >= 0.3 is 0 Å². The largest absolute Gasteiger partial charge is 0.269 e. The van der Waals surface area contributed by atoms with Gasteiger partial charge in [0.1, 0.15) is 0 Å². The van der Waals surface area contributed by atoms with Crippen molar-refractivity contribution in [2.45, 2.75) is 38.0 Å². The Balaban J connectivity index is 2.29. The Kier molecular flexibility index (Phi) is 6.50. The molecule has 18 heavy (non-hydrogen) atoms. The Morgan fingerprint density at radius 1 is 1.39 bits per heavy atom. The fraction of sp³-hybridized carbons (Fsp3) is 0.429. The number of hydrogen-bond donors (Lipinski definition) is 0. The lowest BCUT2D eigenvalue weighted by molar-refractivity contribution is -0.384. The first-order valence-corrected chi connectivity index (χ1v) is 7.15. The van der Waals surface area contributed by atoms with Crippen LogP contribution < -0.4 is 0 Å². The quantitative estimate of drug-likeness (QED) is 0.233. The molecule has 0 aromatic heterocycles. The minimum absolute atomic E-state index is 0.154. The smallest absolute Gasteiger partial charge is 0.258 e. The molecule has 0 saturated carbocycles. The van der Waals surface area contributed by atoms with Crippen molar-refractivity contribution in [2.75, 3.05) is 5.75 Å². The predicted octanol–water partition coefficient (Wildman–Crippen LogP) is 4.82.